The van der Waals surface area contributed by atoms with Crippen LogP contribution >= 0.6 is 0 Å². The predicted octanol–water partition coefficient (Wildman–Crippen LogP) is 14.4. The number of nitrogens with zero attached hydrogens (tertiary/aromatic N) is 1. The Morgan fingerprint density at radius 2 is 1.25 bits per heavy atom. The monoisotopic (exact) mass is 785 g/mol. The van der Waals surface area contributed by atoms with Crippen LogP contribution in [-0.2, 0) is 5.41 Å². The van der Waals surface area contributed by atoms with Crippen molar-refractivity contribution in [2.45, 2.75) is 32.1 Å². The first kappa shape index (κ1) is 45.6. The molecule has 0 saturated heterocycles. The van der Waals surface area contributed by atoms with E-state index in [2.05, 4.69) is 129 Å². The van der Waals surface area contributed by atoms with E-state index < -0.39 is 0 Å². The van der Waals surface area contributed by atoms with Gasteiger partial charge >= 0.3 is 0 Å². The average molecular weight is 786 g/mol. The number of allylic oxidation sites excluding steroid dienone is 18. The Labute approximate surface area is 359 Å². The zero-order valence-corrected chi connectivity index (χ0v) is 35.2. The van der Waals surface area contributed by atoms with Crippen molar-refractivity contribution in [3.8, 4) is 22.4 Å². The lowest BCUT2D eigenvalue weighted by atomic mass is 9.72. The summed E-state index contributed by atoms with van der Waals surface area (Å²) in [7, 11) is 0. The molecule has 3 heteroatoms. The van der Waals surface area contributed by atoms with Crippen LogP contribution in [0.25, 0.3) is 33.5 Å². The number of benzene rings is 4. The number of rotatable bonds is 15. The van der Waals surface area contributed by atoms with Crippen LogP contribution in [0.5, 0.6) is 0 Å². The predicted molar refractivity (Wildman–Crippen MR) is 264 cm³/mol. The van der Waals surface area contributed by atoms with Crippen LogP contribution in [-0.4, -0.2) is 11.5 Å². The number of nitrogens with two attached hydrogens (primary N) is 2. The SMILES string of the molecule is C=C(/C=C\C)c1ccccc1.C=C/C=C\C=C/CC1(C/C=C\C=C/C=C)c2cc(-c3cccc(C(/C=C\C)=C/C=C/CN)c3)ccc2-c2ncccc21.Nc1ccccc1. The summed E-state index contributed by atoms with van der Waals surface area (Å²) in [5.74, 6) is 0. The molecule has 0 bridgehead atoms. The van der Waals surface area contributed by atoms with E-state index in [1.165, 1.54) is 33.4 Å². The lowest BCUT2D eigenvalue weighted by Crippen LogP contribution is -2.24. The lowest BCUT2D eigenvalue weighted by Gasteiger charge is -2.30. The smallest absolute Gasteiger partial charge is 0.0746 e. The third-order valence-electron chi connectivity index (χ3n) is 9.77. The largest absolute Gasteiger partial charge is 0.399 e. The Balaban J connectivity index is 0.000000360. The molecular weight excluding hydrogens is 727 g/mol. The summed E-state index contributed by atoms with van der Waals surface area (Å²) in [5, 5.41) is 0. The topological polar surface area (TPSA) is 64.9 Å². The molecule has 1 aliphatic carbocycles. The molecule has 0 aliphatic heterocycles. The van der Waals surface area contributed by atoms with Crippen LogP contribution in [0.4, 0.5) is 5.69 Å². The second-order valence-electron chi connectivity index (χ2n) is 13.9. The van der Waals surface area contributed by atoms with Crippen molar-refractivity contribution < 1.29 is 0 Å². The zero-order chi connectivity index (χ0) is 42.8. The molecule has 0 spiro atoms. The van der Waals surface area contributed by atoms with Crippen molar-refractivity contribution in [3.63, 3.8) is 0 Å². The molecule has 5 aromatic rings. The quantitative estimate of drug-likeness (QED) is 0.0821. The Morgan fingerprint density at radius 3 is 1.85 bits per heavy atom. The number of aromatic nitrogens is 1. The van der Waals surface area contributed by atoms with Gasteiger partial charge in [0.1, 0.15) is 0 Å². The fourth-order valence-electron chi connectivity index (χ4n) is 6.94. The van der Waals surface area contributed by atoms with E-state index >= 15 is 0 Å². The summed E-state index contributed by atoms with van der Waals surface area (Å²) in [4.78, 5) is 4.87. The molecule has 1 heterocycles. The van der Waals surface area contributed by atoms with Crippen LogP contribution in [0.15, 0.2) is 244 Å². The van der Waals surface area contributed by atoms with Gasteiger partial charge in [0.25, 0.3) is 0 Å². The first-order chi connectivity index (χ1) is 29.4. The molecule has 0 saturated carbocycles. The third-order valence-corrected chi connectivity index (χ3v) is 9.77. The van der Waals surface area contributed by atoms with Gasteiger partial charge < -0.3 is 11.5 Å². The molecule has 3 nitrogen and oxygen atoms in total. The molecule has 0 unspecified atom stereocenters. The van der Waals surface area contributed by atoms with Crippen molar-refractivity contribution in [1.29, 1.82) is 0 Å². The van der Waals surface area contributed by atoms with E-state index in [0.29, 0.717) is 6.54 Å². The van der Waals surface area contributed by atoms with Crippen molar-refractivity contribution >= 4 is 16.8 Å². The van der Waals surface area contributed by atoms with E-state index in [1.54, 1.807) is 12.2 Å². The first-order valence-corrected chi connectivity index (χ1v) is 20.4. The van der Waals surface area contributed by atoms with Gasteiger partial charge in [0.05, 0.1) is 5.69 Å². The number of fused-ring (bicyclic) bond motifs is 3. The molecular formula is C57H59N3. The summed E-state index contributed by atoms with van der Waals surface area (Å²) < 4.78 is 0. The maximum absolute atomic E-state index is 5.67. The average Bonchev–Trinajstić information content (AvgIpc) is 3.55. The summed E-state index contributed by atoms with van der Waals surface area (Å²) in [6, 6.07) is 39.6. The van der Waals surface area contributed by atoms with Gasteiger partial charge in [-0.1, -0.05) is 208 Å². The molecule has 0 fully saturated rings. The molecule has 1 aliphatic rings. The molecule has 4 N–H and O–H groups in total. The van der Waals surface area contributed by atoms with E-state index in [4.69, 9.17) is 16.5 Å². The molecule has 6 rings (SSSR count). The van der Waals surface area contributed by atoms with Crippen molar-refractivity contribution in [2.75, 3.05) is 12.3 Å². The van der Waals surface area contributed by atoms with E-state index in [-0.39, 0.29) is 5.41 Å². The minimum atomic E-state index is -0.243. The first-order valence-electron chi connectivity index (χ1n) is 20.4. The highest BCUT2D eigenvalue weighted by molar-refractivity contribution is 5.84. The van der Waals surface area contributed by atoms with Crippen LogP contribution in [0.1, 0.15) is 48.9 Å². The second kappa shape index (κ2) is 25.3. The second-order valence-corrected chi connectivity index (χ2v) is 13.9. The van der Waals surface area contributed by atoms with Gasteiger partial charge in [-0.15, -0.1) is 0 Å². The van der Waals surface area contributed by atoms with Gasteiger partial charge in [0.15, 0.2) is 0 Å². The summed E-state index contributed by atoms with van der Waals surface area (Å²) in [6.07, 6.45) is 38.2. The summed E-state index contributed by atoms with van der Waals surface area (Å²) in [5.41, 5.74) is 23.4. The van der Waals surface area contributed by atoms with Crippen molar-refractivity contribution in [2.24, 2.45) is 5.73 Å². The maximum Gasteiger partial charge on any atom is 0.0746 e. The van der Waals surface area contributed by atoms with Gasteiger partial charge in [0, 0.05) is 29.4 Å². The molecule has 0 radical (unpaired) electrons. The summed E-state index contributed by atoms with van der Waals surface area (Å²) in [6.45, 7) is 16.1. The van der Waals surface area contributed by atoms with Crippen molar-refractivity contribution in [1.82, 2.24) is 4.98 Å². The number of anilines is 1. The molecule has 0 atom stereocenters. The normalized spacial score (nSPS) is 13.2. The Morgan fingerprint density at radius 1 is 0.617 bits per heavy atom. The number of pyridine rings is 1. The van der Waals surface area contributed by atoms with E-state index in [1.807, 2.05) is 117 Å². The van der Waals surface area contributed by atoms with Gasteiger partial charge in [-0.05, 0) is 102 Å². The fraction of sp³-hybridized carbons (Fsp3) is 0.105. The molecule has 0 amide bonds. The maximum atomic E-state index is 5.67. The highest BCUT2D eigenvalue weighted by Crippen LogP contribution is 2.53. The number of para-hydroxylation sites is 1. The Bertz CT molecular complexity index is 2350. The lowest BCUT2D eigenvalue weighted by molar-refractivity contribution is 0.541. The van der Waals surface area contributed by atoms with E-state index in [9.17, 15) is 0 Å². The van der Waals surface area contributed by atoms with Gasteiger partial charge in [0.2, 0.25) is 0 Å². The standard InChI is InChI=1S/C40H40N2.C11H12.C6H7N/c1-4-7-9-11-14-26-40(27-15-12-10-8-5-2)37-23-18-29-42-39(37)36-25-24-35(31-38(36)40)34-22-17-21-33(30-34)32(19-6-3)20-13-16-28-41;1-3-7-10(2)11-8-5-4-6-9-11;7-6-4-2-1-3-5-6/h4-25,29-31H,1-2,26-28,41H2,3H3;3-9H,2H2,1H3;1-5H,7H2/b9-7-,10-8-,14-11-,15-12-,16-13+,19-6-,32-20+;7-3-;. The van der Waals surface area contributed by atoms with Crippen LogP contribution in [0.3, 0.4) is 0 Å². The van der Waals surface area contributed by atoms with Crippen LogP contribution < -0.4 is 11.5 Å². The van der Waals surface area contributed by atoms with Gasteiger partial charge in [-0.2, -0.15) is 0 Å². The molecule has 4 aromatic carbocycles. The molecule has 60 heavy (non-hydrogen) atoms. The molecule has 302 valence electrons. The van der Waals surface area contributed by atoms with Crippen LogP contribution in [0, 0.1) is 0 Å². The number of hydrogen-bond acceptors (Lipinski definition) is 3. The summed E-state index contributed by atoms with van der Waals surface area (Å²) >= 11 is 0. The van der Waals surface area contributed by atoms with E-state index in [0.717, 1.165) is 40.9 Å². The number of hydrogen-bond donors (Lipinski definition) is 2. The highest BCUT2D eigenvalue weighted by Gasteiger charge is 2.42. The van der Waals surface area contributed by atoms with Crippen LogP contribution in [0.2, 0.25) is 0 Å². The van der Waals surface area contributed by atoms with Crippen molar-refractivity contribution in [3.05, 3.63) is 267 Å². The molecule has 1 aromatic heterocycles. The number of nitrogen functional groups attached to an aromatic ring is 1. The van der Waals surface area contributed by atoms with Gasteiger partial charge in [-0.3, -0.25) is 4.98 Å². The minimum Gasteiger partial charge on any atom is -0.399 e. The Hall–Kier alpha value is -7.07. The fourth-order valence-corrected chi connectivity index (χ4v) is 6.94. The third kappa shape index (κ3) is 13.2. The highest BCUT2D eigenvalue weighted by atomic mass is 14.7. The zero-order valence-electron chi connectivity index (χ0n) is 35.2. The minimum absolute atomic E-state index is 0.243. The Kier molecular flexibility index (Phi) is 19.3. The van der Waals surface area contributed by atoms with Gasteiger partial charge in [-0.25, -0.2) is 0 Å².